The fraction of sp³-hybridized carbons (Fsp3) is 0. The molecule has 4 heterocycles. The fourth-order valence-electron chi connectivity index (χ4n) is 6.78. The summed E-state index contributed by atoms with van der Waals surface area (Å²) in [6, 6.07) is 41.1. The predicted octanol–water partition coefficient (Wildman–Crippen LogP) is 10.9. The molecule has 0 atom stereocenters. The summed E-state index contributed by atoms with van der Waals surface area (Å²) < 4.78 is 12.5. The summed E-state index contributed by atoms with van der Waals surface area (Å²) in [6.07, 6.45) is 7.54. The van der Waals surface area contributed by atoms with Crippen LogP contribution in [0.4, 0.5) is 0 Å². The van der Waals surface area contributed by atoms with Gasteiger partial charge in [0.2, 0.25) is 0 Å². The summed E-state index contributed by atoms with van der Waals surface area (Å²) in [4.78, 5) is 19.4. The van der Waals surface area contributed by atoms with Gasteiger partial charge in [-0.1, -0.05) is 84.9 Å². The average Bonchev–Trinajstić information content (AvgIpc) is 3.73. The normalized spacial score (nSPS) is 11.8. The molecule has 0 unspecified atom stereocenters. The summed E-state index contributed by atoms with van der Waals surface area (Å²) in [7, 11) is 0. The Hall–Kier alpha value is -6.66. The van der Waals surface area contributed by atoms with Crippen LogP contribution < -0.4 is 0 Å². The van der Waals surface area contributed by atoms with Crippen molar-refractivity contribution in [1.82, 2.24) is 19.9 Å². The fourth-order valence-corrected chi connectivity index (χ4v) is 6.78. The van der Waals surface area contributed by atoms with E-state index in [4.69, 9.17) is 28.8 Å². The van der Waals surface area contributed by atoms with Crippen LogP contribution >= 0.6 is 0 Å². The zero-order valence-corrected chi connectivity index (χ0v) is 25.5. The molecule has 0 saturated heterocycles. The van der Waals surface area contributed by atoms with Crippen LogP contribution in [0.2, 0.25) is 0 Å². The predicted molar refractivity (Wildman–Crippen MR) is 191 cm³/mol. The Morgan fingerprint density at radius 1 is 0.354 bits per heavy atom. The van der Waals surface area contributed by atoms with Crippen LogP contribution in [-0.2, 0) is 0 Å². The molecule has 6 heteroatoms. The van der Waals surface area contributed by atoms with Crippen molar-refractivity contribution >= 4 is 54.6 Å². The van der Waals surface area contributed by atoms with Crippen molar-refractivity contribution in [2.45, 2.75) is 0 Å². The zero-order chi connectivity index (χ0) is 31.6. The van der Waals surface area contributed by atoms with Gasteiger partial charge in [0.1, 0.15) is 22.3 Å². The monoisotopic (exact) mass is 616 g/mol. The SMILES string of the molecule is c1ccc2cc(-c3cnc(-c4cccc5c4oc4ccccc45)nc3)c(-c3cnc(-c4cccc5c4oc4ccccc45)nc3)cc2c1. The molecule has 10 aromatic rings. The number of para-hydroxylation sites is 4. The van der Waals surface area contributed by atoms with Gasteiger partial charge in [0.05, 0.1) is 11.1 Å². The lowest BCUT2D eigenvalue weighted by Crippen LogP contribution is -1.94. The summed E-state index contributed by atoms with van der Waals surface area (Å²) in [5.41, 5.74) is 8.77. The second-order valence-electron chi connectivity index (χ2n) is 11.9. The number of nitrogens with zero attached hydrogens (tertiary/aromatic N) is 4. The van der Waals surface area contributed by atoms with Crippen LogP contribution in [0, 0.1) is 0 Å². The second-order valence-corrected chi connectivity index (χ2v) is 11.9. The van der Waals surface area contributed by atoms with Gasteiger partial charge in [-0.15, -0.1) is 0 Å². The number of rotatable bonds is 4. The molecule has 48 heavy (non-hydrogen) atoms. The van der Waals surface area contributed by atoms with Gasteiger partial charge < -0.3 is 8.83 Å². The molecule has 0 amide bonds. The minimum atomic E-state index is 0.609. The first-order valence-corrected chi connectivity index (χ1v) is 15.8. The third kappa shape index (κ3) is 4.13. The number of furan rings is 2. The Balaban J connectivity index is 1.07. The maximum atomic E-state index is 6.26. The van der Waals surface area contributed by atoms with Crippen molar-refractivity contribution in [3.8, 4) is 45.0 Å². The summed E-state index contributed by atoms with van der Waals surface area (Å²) in [5.74, 6) is 1.22. The van der Waals surface area contributed by atoms with Crippen LogP contribution in [0.15, 0.2) is 155 Å². The van der Waals surface area contributed by atoms with Crippen molar-refractivity contribution in [2.24, 2.45) is 0 Å². The highest BCUT2D eigenvalue weighted by Gasteiger charge is 2.17. The zero-order valence-electron chi connectivity index (χ0n) is 25.5. The molecule has 0 radical (unpaired) electrons. The number of hydrogen-bond acceptors (Lipinski definition) is 6. The van der Waals surface area contributed by atoms with Gasteiger partial charge >= 0.3 is 0 Å². The van der Waals surface area contributed by atoms with E-state index >= 15 is 0 Å². The number of benzene rings is 6. The van der Waals surface area contributed by atoms with E-state index < -0.39 is 0 Å². The number of fused-ring (bicyclic) bond motifs is 7. The first kappa shape index (κ1) is 26.5. The Bertz CT molecular complexity index is 2640. The molecule has 224 valence electrons. The van der Waals surface area contributed by atoms with E-state index in [-0.39, 0.29) is 0 Å². The molecule has 6 aromatic carbocycles. The largest absolute Gasteiger partial charge is 0.455 e. The van der Waals surface area contributed by atoms with Crippen molar-refractivity contribution in [2.75, 3.05) is 0 Å². The van der Waals surface area contributed by atoms with Crippen molar-refractivity contribution in [3.05, 3.63) is 146 Å². The van der Waals surface area contributed by atoms with E-state index in [0.29, 0.717) is 11.6 Å². The van der Waals surface area contributed by atoms with Gasteiger partial charge in [-0.05, 0) is 58.3 Å². The minimum Gasteiger partial charge on any atom is -0.455 e. The lowest BCUT2D eigenvalue weighted by Gasteiger charge is -2.13. The number of hydrogen-bond donors (Lipinski definition) is 0. The van der Waals surface area contributed by atoms with Gasteiger partial charge in [-0.3, -0.25) is 0 Å². The van der Waals surface area contributed by atoms with E-state index in [0.717, 1.165) is 88.0 Å². The van der Waals surface area contributed by atoms with E-state index in [9.17, 15) is 0 Å². The van der Waals surface area contributed by atoms with Crippen molar-refractivity contribution in [3.63, 3.8) is 0 Å². The highest BCUT2D eigenvalue weighted by atomic mass is 16.3. The quantitative estimate of drug-likeness (QED) is 0.196. The lowest BCUT2D eigenvalue weighted by molar-refractivity contribution is 0.669. The van der Waals surface area contributed by atoms with Crippen molar-refractivity contribution in [1.29, 1.82) is 0 Å². The molecule has 6 nitrogen and oxygen atoms in total. The molecule has 0 fully saturated rings. The van der Waals surface area contributed by atoms with E-state index in [1.807, 2.05) is 85.5 Å². The smallest absolute Gasteiger partial charge is 0.162 e. The maximum Gasteiger partial charge on any atom is 0.162 e. The lowest BCUT2D eigenvalue weighted by atomic mass is 9.94. The maximum absolute atomic E-state index is 6.26. The molecule has 0 aliphatic heterocycles. The molecule has 0 aliphatic rings. The molecular formula is C42H24N4O2. The van der Waals surface area contributed by atoms with Crippen LogP contribution in [0.25, 0.3) is 99.7 Å². The molecule has 0 aliphatic carbocycles. The molecule has 4 aromatic heterocycles. The van der Waals surface area contributed by atoms with Crippen LogP contribution in [0.5, 0.6) is 0 Å². The first-order valence-electron chi connectivity index (χ1n) is 15.8. The number of aromatic nitrogens is 4. The topological polar surface area (TPSA) is 77.8 Å². The molecule has 0 N–H and O–H groups in total. The molecule has 0 saturated carbocycles. The van der Waals surface area contributed by atoms with E-state index in [1.54, 1.807) is 0 Å². The Morgan fingerprint density at radius 3 is 1.21 bits per heavy atom. The van der Waals surface area contributed by atoms with Gasteiger partial charge in [0.15, 0.2) is 11.6 Å². The summed E-state index contributed by atoms with van der Waals surface area (Å²) in [5, 5.41) is 6.51. The molecule has 0 spiro atoms. The Kier molecular flexibility index (Phi) is 5.77. The third-order valence-electron chi connectivity index (χ3n) is 9.10. The second kappa shape index (κ2) is 10.4. The van der Waals surface area contributed by atoms with Gasteiger partial charge in [0, 0.05) is 57.5 Å². The average molecular weight is 617 g/mol. The van der Waals surface area contributed by atoms with Crippen LogP contribution in [0.3, 0.4) is 0 Å². The first-order chi connectivity index (χ1) is 23.8. The van der Waals surface area contributed by atoms with E-state index in [2.05, 4.69) is 60.7 Å². The summed E-state index contributed by atoms with van der Waals surface area (Å²) >= 11 is 0. The van der Waals surface area contributed by atoms with Crippen LogP contribution in [0.1, 0.15) is 0 Å². The van der Waals surface area contributed by atoms with Gasteiger partial charge in [-0.25, -0.2) is 19.9 Å². The standard InChI is InChI=1S/C42H24N4O2/c1-2-10-26-20-36(28-23-45-42(46-24-28)34-16-8-14-32-30-12-4-6-18-38(30)48-40(32)34)35(19-25(26)9-1)27-21-43-41(44-22-27)33-15-7-13-31-29-11-3-5-17-37(29)47-39(31)33/h1-24H. The van der Waals surface area contributed by atoms with E-state index in [1.165, 1.54) is 0 Å². The Morgan fingerprint density at radius 2 is 0.750 bits per heavy atom. The highest BCUT2D eigenvalue weighted by Crippen LogP contribution is 2.39. The van der Waals surface area contributed by atoms with Crippen LogP contribution in [-0.4, -0.2) is 19.9 Å². The Labute approximate surface area is 274 Å². The molecule has 0 bridgehead atoms. The van der Waals surface area contributed by atoms with Gasteiger partial charge in [0.25, 0.3) is 0 Å². The molecular weight excluding hydrogens is 592 g/mol. The van der Waals surface area contributed by atoms with Gasteiger partial charge in [-0.2, -0.15) is 0 Å². The summed E-state index contributed by atoms with van der Waals surface area (Å²) in [6.45, 7) is 0. The molecule has 10 rings (SSSR count). The third-order valence-corrected chi connectivity index (χ3v) is 9.10. The minimum absolute atomic E-state index is 0.609. The highest BCUT2D eigenvalue weighted by molar-refractivity contribution is 6.10. The van der Waals surface area contributed by atoms with Crippen molar-refractivity contribution < 1.29 is 8.83 Å².